The van der Waals surface area contributed by atoms with E-state index < -0.39 is 0 Å². The van der Waals surface area contributed by atoms with Crippen LogP contribution < -0.4 is 14.2 Å². The summed E-state index contributed by atoms with van der Waals surface area (Å²) in [5.74, 6) is 3.67. The lowest BCUT2D eigenvalue weighted by molar-refractivity contribution is 0.361. The zero-order valence-corrected chi connectivity index (χ0v) is 17.2. The van der Waals surface area contributed by atoms with Gasteiger partial charge in [0.1, 0.15) is 29.6 Å². The van der Waals surface area contributed by atoms with Crippen molar-refractivity contribution in [2.75, 3.05) is 6.61 Å². The molecule has 0 spiro atoms. The molecule has 1 heterocycles. The van der Waals surface area contributed by atoms with E-state index in [1.807, 2.05) is 82.4 Å². The summed E-state index contributed by atoms with van der Waals surface area (Å²) in [6.07, 6.45) is 1.81. The number of aryl methyl sites for hydroxylation is 2. The van der Waals surface area contributed by atoms with Crippen molar-refractivity contribution in [1.82, 2.24) is 9.78 Å². The highest BCUT2D eigenvalue weighted by molar-refractivity contribution is 6.29. The van der Waals surface area contributed by atoms with Crippen molar-refractivity contribution in [3.05, 3.63) is 70.9 Å². The Kier molecular flexibility index (Phi) is 6.26. The highest BCUT2D eigenvalue weighted by atomic mass is 35.5. The Hall–Kier alpha value is -2.92. The normalized spacial score (nSPS) is 11.4. The van der Waals surface area contributed by atoms with Crippen LogP contribution in [0.1, 0.15) is 18.2 Å². The van der Waals surface area contributed by atoms with Crippen molar-refractivity contribution in [1.29, 1.82) is 0 Å². The predicted molar refractivity (Wildman–Crippen MR) is 111 cm³/mol. The zero-order chi connectivity index (χ0) is 20.1. The molecular weight excluding hydrogens is 376 g/mol. The van der Waals surface area contributed by atoms with E-state index >= 15 is 0 Å². The fourth-order valence-electron chi connectivity index (χ4n) is 2.57. The quantitative estimate of drug-likeness (QED) is 0.479. The highest BCUT2D eigenvalue weighted by Crippen LogP contribution is 2.29. The SMILES string of the molecule is CC(Cl)=CCOc1ccc(Oc2ccc(Oc3c(C)c(C)nn3C)cc2)cc1. The topological polar surface area (TPSA) is 45.5 Å². The van der Waals surface area contributed by atoms with E-state index in [4.69, 9.17) is 25.8 Å². The van der Waals surface area contributed by atoms with Crippen molar-refractivity contribution in [2.45, 2.75) is 20.8 Å². The summed E-state index contributed by atoms with van der Waals surface area (Å²) in [5.41, 5.74) is 1.99. The number of halogens is 1. The summed E-state index contributed by atoms with van der Waals surface area (Å²) in [6, 6.07) is 14.9. The summed E-state index contributed by atoms with van der Waals surface area (Å²) in [6.45, 7) is 6.21. The first kappa shape index (κ1) is 19.8. The molecule has 0 N–H and O–H groups in total. The number of hydrogen-bond donors (Lipinski definition) is 0. The van der Waals surface area contributed by atoms with Gasteiger partial charge in [0.05, 0.1) is 5.69 Å². The lowest BCUT2D eigenvalue weighted by Crippen LogP contribution is -1.96. The number of ether oxygens (including phenoxy) is 3. The second-order valence-electron chi connectivity index (χ2n) is 6.39. The van der Waals surface area contributed by atoms with E-state index in [-0.39, 0.29) is 0 Å². The fraction of sp³-hybridized carbons (Fsp3) is 0.227. The monoisotopic (exact) mass is 398 g/mol. The average Bonchev–Trinajstić information content (AvgIpc) is 2.90. The second-order valence-corrected chi connectivity index (χ2v) is 6.98. The van der Waals surface area contributed by atoms with Crippen LogP contribution in [0.15, 0.2) is 59.6 Å². The molecule has 0 saturated heterocycles. The number of hydrogen-bond acceptors (Lipinski definition) is 4. The molecule has 0 radical (unpaired) electrons. The molecule has 0 saturated carbocycles. The molecule has 0 aliphatic heterocycles. The lowest BCUT2D eigenvalue weighted by atomic mass is 10.3. The van der Waals surface area contributed by atoms with Gasteiger partial charge in [-0.25, -0.2) is 4.68 Å². The van der Waals surface area contributed by atoms with Gasteiger partial charge < -0.3 is 14.2 Å². The van der Waals surface area contributed by atoms with E-state index in [9.17, 15) is 0 Å². The molecule has 5 nitrogen and oxygen atoms in total. The van der Waals surface area contributed by atoms with Crippen molar-refractivity contribution in [3.8, 4) is 28.9 Å². The van der Waals surface area contributed by atoms with E-state index in [2.05, 4.69) is 5.10 Å². The lowest BCUT2D eigenvalue weighted by Gasteiger charge is -2.10. The molecule has 0 bridgehead atoms. The van der Waals surface area contributed by atoms with Gasteiger partial charge in [0.2, 0.25) is 5.88 Å². The van der Waals surface area contributed by atoms with Gasteiger partial charge >= 0.3 is 0 Å². The molecule has 0 aliphatic carbocycles. The first-order valence-corrected chi connectivity index (χ1v) is 9.31. The molecule has 146 valence electrons. The molecule has 0 fully saturated rings. The molecule has 2 aromatic carbocycles. The van der Waals surface area contributed by atoms with Gasteiger partial charge in [0, 0.05) is 17.6 Å². The van der Waals surface area contributed by atoms with Crippen LogP contribution in [-0.2, 0) is 7.05 Å². The number of nitrogens with zero attached hydrogens (tertiary/aromatic N) is 2. The van der Waals surface area contributed by atoms with Gasteiger partial charge in [-0.05, 0) is 75.4 Å². The molecular formula is C22H23ClN2O3. The van der Waals surface area contributed by atoms with Gasteiger partial charge in [-0.15, -0.1) is 0 Å². The van der Waals surface area contributed by atoms with Crippen LogP contribution >= 0.6 is 11.6 Å². The maximum atomic E-state index is 5.95. The predicted octanol–water partition coefficient (Wildman–Crippen LogP) is 6.14. The highest BCUT2D eigenvalue weighted by Gasteiger charge is 2.11. The Labute approximate surface area is 170 Å². The first-order chi connectivity index (χ1) is 13.4. The molecule has 1 aromatic heterocycles. The van der Waals surface area contributed by atoms with Crippen LogP contribution in [0.3, 0.4) is 0 Å². The van der Waals surface area contributed by atoms with E-state index in [1.165, 1.54) is 0 Å². The summed E-state index contributed by atoms with van der Waals surface area (Å²) >= 11 is 5.78. The number of allylic oxidation sites excluding steroid dienone is 1. The molecule has 6 heteroatoms. The van der Waals surface area contributed by atoms with Gasteiger partial charge in [-0.1, -0.05) is 11.6 Å². The molecule has 3 aromatic rings. The smallest absolute Gasteiger partial charge is 0.220 e. The summed E-state index contributed by atoms with van der Waals surface area (Å²) in [5, 5.41) is 5.07. The third kappa shape index (κ3) is 5.08. The van der Waals surface area contributed by atoms with Crippen LogP contribution in [0, 0.1) is 13.8 Å². The van der Waals surface area contributed by atoms with Gasteiger partial charge in [0.15, 0.2) is 0 Å². The molecule has 28 heavy (non-hydrogen) atoms. The van der Waals surface area contributed by atoms with E-state index in [0.29, 0.717) is 11.6 Å². The molecule has 0 amide bonds. The van der Waals surface area contributed by atoms with Gasteiger partial charge in [0.25, 0.3) is 0 Å². The van der Waals surface area contributed by atoms with Crippen LogP contribution in [-0.4, -0.2) is 16.4 Å². The minimum absolute atomic E-state index is 0.437. The standard InChI is InChI=1S/C22H23ClN2O3/c1-15(23)13-14-26-18-5-7-19(8-6-18)27-20-9-11-21(12-10-20)28-22-16(2)17(3)24-25(22)4/h5-13H,14H2,1-4H3. The van der Waals surface area contributed by atoms with Crippen LogP contribution in [0.4, 0.5) is 0 Å². The molecule has 0 atom stereocenters. The van der Waals surface area contributed by atoms with Crippen LogP contribution in [0.25, 0.3) is 0 Å². The van der Waals surface area contributed by atoms with Crippen molar-refractivity contribution in [3.63, 3.8) is 0 Å². The number of benzene rings is 2. The van der Waals surface area contributed by atoms with E-state index in [0.717, 1.165) is 40.1 Å². The third-order valence-corrected chi connectivity index (χ3v) is 4.32. The van der Waals surface area contributed by atoms with Gasteiger partial charge in [-0.2, -0.15) is 5.10 Å². The van der Waals surface area contributed by atoms with Crippen LogP contribution in [0.5, 0.6) is 28.9 Å². The Morgan fingerprint density at radius 2 is 1.43 bits per heavy atom. The Bertz CT molecular complexity index is 957. The van der Waals surface area contributed by atoms with Crippen molar-refractivity contribution in [2.24, 2.45) is 7.05 Å². The first-order valence-electron chi connectivity index (χ1n) is 8.93. The minimum Gasteiger partial charge on any atom is -0.489 e. The van der Waals surface area contributed by atoms with E-state index in [1.54, 1.807) is 4.68 Å². The summed E-state index contributed by atoms with van der Waals surface area (Å²) in [4.78, 5) is 0. The van der Waals surface area contributed by atoms with Crippen LogP contribution in [0.2, 0.25) is 0 Å². The average molecular weight is 399 g/mol. The van der Waals surface area contributed by atoms with Crippen molar-refractivity contribution >= 4 is 11.6 Å². The molecule has 0 unspecified atom stereocenters. The fourth-order valence-corrected chi connectivity index (χ4v) is 2.63. The maximum Gasteiger partial charge on any atom is 0.220 e. The third-order valence-electron chi connectivity index (χ3n) is 4.17. The Morgan fingerprint density at radius 1 is 0.929 bits per heavy atom. The van der Waals surface area contributed by atoms with Crippen molar-refractivity contribution < 1.29 is 14.2 Å². The molecule has 0 aliphatic rings. The number of rotatable bonds is 7. The summed E-state index contributed by atoms with van der Waals surface area (Å²) < 4.78 is 19.1. The second kappa shape index (κ2) is 8.85. The molecule has 3 rings (SSSR count). The largest absolute Gasteiger partial charge is 0.489 e. The maximum absolute atomic E-state index is 5.95. The minimum atomic E-state index is 0.437. The Balaban J connectivity index is 1.60. The summed E-state index contributed by atoms with van der Waals surface area (Å²) in [7, 11) is 1.87. The Morgan fingerprint density at radius 3 is 1.89 bits per heavy atom. The number of aromatic nitrogens is 2. The zero-order valence-electron chi connectivity index (χ0n) is 16.4. The van der Waals surface area contributed by atoms with Gasteiger partial charge in [-0.3, -0.25) is 0 Å².